The van der Waals surface area contributed by atoms with Crippen LogP contribution in [0.15, 0.2) is 46.9 Å². The SMILES string of the molecule is CC[C@H](C)NC(=O)[C@H](CC)N(Cc1ccc(Cl)cc1)C(=O)COc1ccc(C(C)C)cc1Br. The van der Waals surface area contributed by atoms with Crippen molar-refractivity contribution in [1.29, 1.82) is 0 Å². The highest BCUT2D eigenvalue weighted by Gasteiger charge is 2.29. The smallest absolute Gasteiger partial charge is 0.261 e. The number of carbonyl (C=O) groups is 2. The second kappa shape index (κ2) is 13.0. The Kier molecular flexibility index (Phi) is 10.7. The fourth-order valence-electron chi connectivity index (χ4n) is 3.36. The zero-order valence-electron chi connectivity index (χ0n) is 20.0. The number of ether oxygens (including phenoxy) is 1. The van der Waals surface area contributed by atoms with E-state index in [1.54, 1.807) is 17.0 Å². The molecule has 0 saturated heterocycles. The summed E-state index contributed by atoms with van der Waals surface area (Å²) in [6, 6.07) is 12.6. The fourth-order valence-corrected chi connectivity index (χ4v) is 4.00. The van der Waals surface area contributed by atoms with Crippen LogP contribution >= 0.6 is 27.5 Å². The van der Waals surface area contributed by atoms with Gasteiger partial charge >= 0.3 is 0 Å². The first-order valence-electron chi connectivity index (χ1n) is 11.4. The molecule has 7 heteroatoms. The minimum atomic E-state index is -0.600. The van der Waals surface area contributed by atoms with Gasteiger partial charge < -0.3 is 15.0 Å². The Bertz CT molecular complexity index is 934. The van der Waals surface area contributed by atoms with Crippen LogP contribution in [0.4, 0.5) is 0 Å². The van der Waals surface area contributed by atoms with E-state index in [2.05, 4.69) is 35.1 Å². The molecule has 5 nitrogen and oxygen atoms in total. The van der Waals surface area contributed by atoms with Crippen LogP contribution in [-0.2, 0) is 16.1 Å². The monoisotopic (exact) mass is 536 g/mol. The van der Waals surface area contributed by atoms with Crippen molar-refractivity contribution in [3.05, 3.63) is 63.1 Å². The van der Waals surface area contributed by atoms with E-state index in [4.69, 9.17) is 16.3 Å². The summed E-state index contributed by atoms with van der Waals surface area (Å²) in [7, 11) is 0. The van der Waals surface area contributed by atoms with Crippen LogP contribution in [0.5, 0.6) is 5.75 Å². The lowest BCUT2D eigenvalue weighted by Gasteiger charge is -2.31. The second-order valence-corrected chi connectivity index (χ2v) is 9.81. The van der Waals surface area contributed by atoms with Gasteiger partial charge in [0.2, 0.25) is 5.91 Å². The van der Waals surface area contributed by atoms with Gasteiger partial charge in [-0.15, -0.1) is 0 Å². The van der Waals surface area contributed by atoms with Crippen LogP contribution in [0.2, 0.25) is 5.02 Å². The van der Waals surface area contributed by atoms with Gasteiger partial charge in [0, 0.05) is 17.6 Å². The molecular weight excluding hydrogens is 504 g/mol. The van der Waals surface area contributed by atoms with Gasteiger partial charge in [0.15, 0.2) is 6.61 Å². The molecule has 0 bridgehead atoms. The number of rotatable bonds is 11. The number of nitrogens with zero attached hydrogens (tertiary/aromatic N) is 1. The second-order valence-electron chi connectivity index (χ2n) is 8.52. The maximum atomic E-state index is 13.3. The van der Waals surface area contributed by atoms with E-state index in [9.17, 15) is 9.59 Å². The van der Waals surface area contributed by atoms with Gasteiger partial charge in [0.05, 0.1) is 4.47 Å². The molecule has 0 aliphatic carbocycles. The molecule has 0 spiro atoms. The molecule has 1 N–H and O–H groups in total. The third-order valence-corrected chi connectivity index (χ3v) is 6.50. The Morgan fingerprint density at radius 1 is 1.06 bits per heavy atom. The summed E-state index contributed by atoms with van der Waals surface area (Å²) in [5, 5.41) is 3.63. The van der Waals surface area contributed by atoms with E-state index in [1.807, 2.05) is 51.1 Å². The number of nitrogens with one attached hydrogen (secondary N) is 1. The van der Waals surface area contributed by atoms with Crippen LogP contribution in [0.1, 0.15) is 64.5 Å². The Labute approximate surface area is 211 Å². The zero-order chi connectivity index (χ0) is 24.5. The van der Waals surface area contributed by atoms with E-state index in [0.29, 0.717) is 29.7 Å². The quantitative estimate of drug-likeness (QED) is 0.364. The molecule has 0 fully saturated rings. The highest BCUT2D eigenvalue weighted by atomic mass is 79.9. The van der Waals surface area contributed by atoms with Crippen molar-refractivity contribution >= 4 is 39.3 Å². The summed E-state index contributed by atoms with van der Waals surface area (Å²) in [6.07, 6.45) is 1.31. The summed E-state index contributed by atoms with van der Waals surface area (Å²) in [5.41, 5.74) is 2.07. The Morgan fingerprint density at radius 3 is 2.27 bits per heavy atom. The summed E-state index contributed by atoms with van der Waals surface area (Å²) in [5.74, 6) is 0.574. The van der Waals surface area contributed by atoms with E-state index >= 15 is 0 Å². The van der Waals surface area contributed by atoms with Crippen molar-refractivity contribution in [2.45, 2.75) is 72.0 Å². The van der Waals surface area contributed by atoms with E-state index in [1.165, 1.54) is 5.56 Å². The predicted molar refractivity (Wildman–Crippen MR) is 138 cm³/mol. The molecule has 0 aliphatic rings. The number of hydrogen-bond donors (Lipinski definition) is 1. The predicted octanol–water partition coefficient (Wildman–Crippen LogP) is 6.33. The summed E-state index contributed by atoms with van der Waals surface area (Å²) < 4.78 is 6.66. The highest BCUT2D eigenvalue weighted by Crippen LogP contribution is 2.29. The zero-order valence-corrected chi connectivity index (χ0v) is 22.4. The van der Waals surface area contributed by atoms with Gasteiger partial charge in [-0.3, -0.25) is 9.59 Å². The van der Waals surface area contributed by atoms with Crippen molar-refractivity contribution < 1.29 is 14.3 Å². The topological polar surface area (TPSA) is 58.6 Å². The molecule has 0 radical (unpaired) electrons. The van der Waals surface area contributed by atoms with Gasteiger partial charge in [-0.25, -0.2) is 0 Å². The number of halogens is 2. The van der Waals surface area contributed by atoms with Crippen LogP contribution in [0, 0.1) is 0 Å². The lowest BCUT2D eigenvalue weighted by molar-refractivity contribution is -0.143. The summed E-state index contributed by atoms with van der Waals surface area (Å²) in [4.78, 5) is 27.9. The van der Waals surface area contributed by atoms with Crippen LogP contribution < -0.4 is 10.1 Å². The lowest BCUT2D eigenvalue weighted by atomic mass is 10.0. The standard InChI is InChI=1S/C26H34BrClN2O3/c1-6-18(5)29-26(32)23(7-2)30(15-19-8-11-21(28)12-9-19)25(31)16-33-24-13-10-20(17(3)4)14-22(24)27/h8-14,17-18,23H,6-7,15-16H2,1-5H3,(H,29,32)/t18-,23-/m0/s1. The fraction of sp³-hybridized carbons (Fsp3) is 0.462. The molecular formula is C26H34BrClN2O3. The van der Waals surface area contributed by atoms with Crippen molar-refractivity contribution in [1.82, 2.24) is 10.2 Å². The average molecular weight is 538 g/mol. The summed E-state index contributed by atoms with van der Waals surface area (Å²) >= 11 is 9.56. The minimum Gasteiger partial charge on any atom is -0.483 e. The van der Waals surface area contributed by atoms with Gasteiger partial charge in [-0.2, -0.15) is 0 Å². The molecule has 2 aromatic carbocycles. The molecule has 2 amide bonds. The van der Waals surface area contributed by atoms with Crippen LogP contribution in [-0.4, -0.2) is 35.4 Å². The molecule has 0 saturated carbocycles. The molecule has 2 atom stereocenters. The van der Waals surface area contributed by atoms with Gasteiger partial charge in [0.25, 0.3) is 5.91 Å². The largest absolute Gasteiger partial charge is 0.483 e. The third-order valence-electron chi connectivity index (χ3n) is 5.63. The van der Waals surface area contributed by atoms with Gasteiger partial charge in [-0.05, 0) is 77.0 Å². The van der Waals surface area contributed by atoms with Gasteiger partial charge in [-0.1, -0.05) is 57.5 Å². The Hall–Kier alpha value is -2.05. The summed E-state index contributed by atoms with van der Waals surface area (Å²) in [6.45, 7) is 10.2. The van der Waals surface area contributed by atoms with Crippen molar-refractivity contribution in [2.75, 3.05) is 6.61 Å². The highest BCUT2D eigenvalue weighted by molar-refractivity contribution is 9.10. The maximum absolute atomic E-state index is 13.3. The molecule has 33 heavy (non-hydrogen) atoms. The van der Waals surface area contributed by atoms with Crippen molar-refractivity contribution in [3.63, 3.8) is 0 Å². The van der Waals surface area contributed by atoms with Crippen molar-refractivity contribution in [3.8, 4) is 5.75 Å². The van der Waals surface area contributed by atoms with E-state index in [-0.39, 0.29) is 24.5 Å². The first-order chi connectivity index (χ1) is 15.7. The van der Waals surface area contributed by atoms with Gasteiger partial charge in [0.1, 0.15) is 11.8 Å². The van der Waals surface area contributed by atoms with Crippen molar-refractivity contribution in [2.24, 2.45) is 0 Å². The Balaban J connectivity index is 2.22. The third kappa shape index (κ3) is 8.04. The average Bonchev–Trinajstić information content (AvgIpc) is 2.78. The van der Waals surface area contributed by atoms with Crippen LogP contribution in [0.25, 0.3) is 0 Å². The first kappa shape index (κ1) is 27.2. The molecule has 2 aromatic rings. The molecule has 180 valence electrons. The van der Waals surface area contributed by atoms with Crippen LogP contribution in [0.3, 0.4) is 0 Å². The number of amides is 2. The first-order valence-corrected chi connectivity index (χ1v) is 12.6. The lowest BCUT2D eigenvalue weighted by Crippen LogP contribution is -2.51. The molecule has 2 rings (SSSR count). The number of benzene rings is 2. The molecule has 0 aliphatic heterocycles. The molecule has 0 aromatic heterocycles. The molecule has 0 unspecified atom stereocenters. The molecule has 0 heterocycles. The van der Waals surface area contributed by atoms with E-state index in [0.717, 1.165) is 16.5 Å². The Morgan fingerprint density at radius 2 is 1.73 bits per heavy atom. The minimum absolute atomic E-state index is 0.0331. The maximum Gasteiger partial charge on any atom is 0.261 e. The van der Waals surface area contributed by atoms with E-state index < -0.39 is 6.04 Å². The number of hydrogen-bond acceptors (Lipinski definition) is 3. The number of carbonyl (C=O) groups excluding carboxylic acids is 2. The normalized spacial score (nSPS) is 12.8.